The Morgan fingerprint density at radius 1 is 1.13 bits per heavy atom. The molecule has 0 saturated carbocycles. The van der Waals surface area contributed by atoms with Crippen LogP contribution in [0.5, 0.6) is 0 Å². The molecule has 250 valence electrons. The molecule has 15 heteroatoms. The van der Waals surface area contributed by atoms with E-state index in [1.165, 1.54) is 32.0 Å². The summed E-state index contributed by atoms with van der Waals surface area (Å²) in [5.74, 6) is -4.19. The number of aromatic amines is 1. The quantitative estimate of drug-likeness (QED) is 0.0841. The number of alkyl carbamates (subject to hydrolysis) is 1. The van der Waals surface area contributed by atoms with Crippen molar-refractivity contribution in [2.45, 2.75) is 79.4 Å². The van der Waals surface area contributed by atoms with Crippen molar-refractivity contribution in [2.75, 3.05) is 18.4 Å². The largest absolute Gasteiger partial charge is 0.444 e. The molecular weight excluding hydrogens is 605 g/mol. The van der Waals surface area contributed by atoms with E-state index in [0.29, 0.717) is 33.8 Å². The highest BCUT2D eigenvalue weighted by Gasteiger charge is 2.31. The second-order valence-electron chi connectivity index (χ2n) is 11.7. The minimum atomic E-state index is -1.46. The Kier molecular flexibility index (Phi) is 11.3. The number of ether oxygens (including phenoxy) is 3. The highest BCUT2D eigenvalue weighted by molar-refractivity contribution is 6.35. The van der Waals surface area contributed by atoms with Crippen LogP contribution in [0.2, 0.25) is 0 Å². The third-order valence-electron chi connectivity index (χ3n) is 6.98. The molecule has 1 aliphatic heterocycles. The molecule has 46 heavy (non-hydrogen) atoms. The molecule has 3 atom stereocenters. The molecular formula is C31H40FN5O9. The van der Waals surface area contributed by atoms with E-state index in [2.05, 4.69) is 21.1 Å². The number of H-pyrrole nitrogens is 1. The number of aryl methyl sites for hydroxylation is 1. The van der Waals surface area contributed by atoms with Gasteiger partial charge in [0.15, 0.2) is 0 Å². The lowest BCUT2D eigenvalue weighted by atomic mass is 10.00. The zero-order valence-electron chi connectivity index (χ0n) is 27.0. The summed E-state index contributed by atoms with van der Waals surface area (Å²) in [5.41, 5.74) is 4.86. The number of hydrogen-bond acceptors (Lipinski definition) is 10. The van der Waals surface area contributed by atoms with Gasteiger partial charge >= 0.3 is 23.9 Å². The van der Waals surface area contributed by atoms with E-state index in [0.717, 1.165) is 4.90 Å². The first kappa shape index (κ1) is 35.7. The van der Waals surface area contributed by atoms with Crippen LogP contribution in [-0.4, -0.2) is 76.0 Å². The molecule has 2 heterocycles. The predicted molar refractivity (Wildman–Crippen MR) is 164 cm³/mol. The number of hydrogen-bond donors (Lipinski definition) is 5. The fourth-order valence-electron chi connectivity index (χ4n) is 4.84. The molecule has 0 aliphatic carbocycles. The van der Waals surface area contributed by atoms with Gasteiger partial charge in [0.25, 0.3) is 5.91 Å². The van der Waals surface area contributed by atoms with Crippen LogP contribution < -0.4 is 16.1 Å². The van der Waals surface area contributed by atoms with Crippen molar-refractivity contribution >= 4 is 47.2 Å². The summed E-state index contributed by atoms with van der Waals surface area (Å²) >= 11 is 0. The first-order chi connectivity index (χ1) is 21.4. The number of amides is 3. The lowest BCUT2D eigenvalue weighted by Gasteiger charge is -2.26. The van der Waals surface area contributed by atoms with Gasteiger partial charge in [-0.2, -0.15) is 5.48 Å². The zero-order valence-corrected chi connectivity index (χ0v) is 27.0. The summed E-state index contributed by atoms with van der Waals surface area (Å²) in [4.78, 5) is 66.8. The molecule has 5 N–H and O–H groups in total. The van der Waals surface area contributed by atoms with Crippen LogP contribution in [0.25, 0.3) is 11.6 Å². The van der Waals surface area contributed by atoms with Gasteiger partial charge in [0, 0.05) is 42.7 Å². The smallest absolute Gasteiger partial charge is 0.408 e. The fraction of sp³-hybridized carbons (Fsp3) is 0.452. The van der Waals surface area contributed by atoms with Gasteiger partial charge in [0.05, 0.1) is 11.6 Å². The summed E-state index contributed by atoms with van der Waals surface area (Å²) in [5, 5.41) is 15.1. The number of fused-ring (bicyclic) bond motifs is 1. The number of carbonyl (C=O) groups is 5. The van der Waals surface area contributed by atoms with Crippen LogP contribution in [0.3, 0.4) is 0 Å². The van der Waals surface area contributed by atoms with Crippen LogP contribution in [0.4, 0.5) is 14.9 Å². The topological polar surface area (TPSA) is 188 Å². The van der Waals surface area contributed by atoms with E-state index in [-0.39, 0.29) is 18.7 Å². The molecule has 3 rings (SSSR count). The van der Waals surface area contributed by atoms with Crippen molar-refractivity contribution in [3.05, 3.63) is 52.1 Å². The number of esters is 2. The van der Waals surface area contributed by atoms with Crippen molar-refractivity contribution < 1.29 is 47.8 Å². The molecule has 0 radical (unpaired) electrons. The maximum Gasteiger partial charge on any atom is 0.408 e. The number of hydroxylamine groups is 1. The fourth-order valence-corrected chi connectivity index (χ4v) is 4.84. The predicted octanol–water partition coefficient (Wildman–Crippen LogP) is 3.48. The van der Waals surface area contributed by atoms with Gasteiger partial charge in [0.1, 0.15) is 17.5 Å². The molecule has 1 aliphatic rings. The van der Waals surface area contributed by atoms with Crippen molar-refractivity contribution in [2.24, 2.45) is 0 Å². The summed E-state index contributed by atoms with van der Waals surface area (Å²) in [6.45, 7) is 12.5. The molecule has 14 nitrogen and oxygen atoms in total. The third kappa shape index (κ3) is 8.69. The molecule has 3 unspecified atom stereocenters. The van der Waals surface area contributed by atoms with Crippen LogP contribution in [0.15, 0.2) is 18.2 Å². The van der Waals surface area contributed by atoms with Crippen molar-refractivity contribution in [1.29, 1.82) is 0 Å². The molecule has 0 spiro atoms. The molecule has 2 aromatic rings. The highest BCUT2D eigenvalue weighted by Crippen LogP contribution is 2.35. The van der Waals surface area contributed by atoms with Gasteiger partial charge < -0.3 is 39.9 Å². The molecule has 0 fully saturated rings. The number of likely N-dealkylation sites (N-methyl/N-ethyl adjacent to an activating group) is 1. The summed E-state index contributed by atoms with van der Waals surface area (Å²) in [6, 6.07) is 1.97. The lowest BCUT2D eigenvalue weighted by molar-refractivity contribution is -0.189. The van der Waals surface area contributed by atoms with Gasteiger partial charge in [-0.1, -0.05) is 0 Å². The van der Waals surface area contributed by atoms with Gasteiger partial charge in [-0.15, -0.1) is 0 Å². The Bertz CT molecular complexity index is 1550. The van der Waals surface area contributed by atoms with E-state index >= 15 is 0 Å². The number of carbonyl (C=O) groups excluding carboxylic acids is 5. The molecule has 0 bridgehead atoms. The van der Waals surface area contributed by atoms with Gasteiger partial charge in [-0.3, -0.25) is 9.59 Å². The Hall–Kier alpha value is -4.76. The maximum absolute atomic E-state index is 13.9. The van der Waals surface area contributed by atoms with Crippen LogP contribution in [0, 0.1) is 19.7 Å². The number of anilines is 1. The summed E-state index contributed by atoms with van der Waals surface area (Å²) in [6.07, 6.45) is -0.731. The second kappa shape index (κ2) is 14.6. The van der Waals surface area contributed by atoms with Crippen molar-refractivity contribution in [3.8, 4) is 0 Å². The van der Waals surface area contributed by atoms with Gasteiger partial charge in [-0.25, -0.2) is 18.8 Å². The van der Waals surface area contributed by atoms with Crippen LogP contribution >= 0.6 is 0 Å². The Balaban J connectivity index is 1.68. The monoisotopic (exact) mass is 645 g/mol. The number of halogens is 1. The Morgan fingerprint density at radius 2 is 1.80 bits per heavy atom. The van der Waals surface area contributed by atoms with Gasteiger partial charge in [0.2, 0.25) is 6.29 Å². The Labute approximate surface area is 265 Å². The number of aromatic nitrogens is 1. The first-order valence-corrected chi connectivity index (χ1v) is 14.6. The second-order valence-corrected chi connectivity index (χ2v) is 11.7. The van der Waals surface area contributed by atoms with E-state index in [1.807, 2.05) is 0 Å². The van der Waals surface area contributed by atoms with E-state index in [9.17, 15) is 33.6 Å². The molecule has 1 aromatic heterocycles. The number of nitrogens with zero attached hydrogens (tertiary/aromatic N) is 1. The van der Waals surface area contributed by atoms with Gasteiger partial charge in [-0.05, 0) is 83.9 Å². The minimum absolute atomic E-state index is 0.0546. The highest BCUT2D eigenvalue weighted by atomic mass is 19.1. The van der Waals surface area contributed by atoms with E-state index in [4.69, 9.17) is 14.2 Å². The summed E-state index contributed by atoms with van der Waals surface area (Å²) in [7, 11) is 0. The SMILES string of the molecule is CCN(CC(NO)c1c(C)[nH]c(/C=C2\C(=O)Nc3ccc(F)cc32)c1C)C(=O)C(=O)OC(C)OC(=O)C(C)NC(=O)OC(C)(C)C. The average molecular weight is 646 g/mol. The maximum atomic E-state index is 13.9. The first-order valence-electron chi connectivity index (χ1n) is 14.6. The lowest BCUT2D eigenvalue weighted by Crippen LogP contribution is -2.45. The normalized spacial score (nSPS) is 15.3. The van der Waals surface area contributed by atoms with Crippen LogP contribution in [0.1, 0.15) is 75.7 Å². The minimum Gasteiger partial charge on any atom is -0.444 e. The standard InChI is InChI=1S/C31H40FN5O9/c1-9-37(27(39)29(41)45-18(5)44-28(40)17(4)34-30(42)46-31(6,7)8)14-24(36-43)25-15(2)23(33-16(25)3)13-21-20-12-19(32)10-11-22(20)35-26(21)38/h10-13,17-18,24,33,36,43H,9,14H2,1-8H3,(H,34,42)(H,35,38)/b21-13-. The van der Waals surface area contributed by atoms with E-state index in [1.54, 1.807) is 47.6 Å². The molecule has 1 aromatic carbocycles. The van der Waals surface area contributed by atoms with Crippen molar-refractivity contribution in [3.63, 3.8) is 0 Å². The average Bonchev–Trinajstić information content (AvgIpc) is 3.41. The number of benzene rings is 1. The zero-order chi connectivity index (χ0) is 34.5. The van der Waals surface area contributed by atoms with E-state index < -0.39 is 59.6 Å². The molecule has 0 saturated heterocycles. The molecule has 3 amide bonds. The van der Waals surface area contributed by atoms with Crippen LogP contribution in [-0.2, 0) is 33.4 Å². The summed E-state index contributed by atoms with van der Waals surface area (Å²) < 4.78 is 29.1. The third-order valence-corrected chi connectivity index (χ3v) is 6.98. The van der Waals surface area contributed by atoms with Crippen molar-refractivity contribution in [1.82, 2.24) is 20.7 Å². The number of rotatable bonds is 10. The Morgan fingerprint density at radius 3 is 2.41 bits per heavy atom. The number of nitrogens with one attached hydrogen (secondary N) is 4.